The molecule has 1 aromatic rings. The van der Waals surface area contributed by atoms with Gasteiger partial charge in [-0.3, -0.25) is 9.69 Å². The molecule has 15 heavy (non-hydrogen) atoms. The highest BCUT2D eigenvalue weighted by Crippen LogP contribution is 2.02. The van der Waals surface area contributed by atoms with Crippen LogP contribution in [0.15, 0.2) is 12.4 Å². The molecule has 2 heterocycles. The third-order valence-corrected chi connectivity index (χ3v) is 2.39. The molecule has 82 valence electrons. The highest BCUT2D eigenvalue weighted by Gasteiger charge is 2.14. The van der Waals surface area contributed by atoms with Crippen molar-refractivity contribution in [3.8, 4) is 0 Å². The standard InChI is InChI=1S/C9H14N4O2/c10-8(14)9-11-1-2-13(9)7-12-3-5-15-6-4-12/h1-2H,3-7H2,(H2,10,14). The summed E-state index contributed by atoms with van der Waals surface area (Å²) in [6, 6.07) is 0. The van der Waals surface area contributed by atoms with E-state index in [0.717, 1.165) is 26.3 Å². The van der Waals surface area contributed by atoms with Crippen molar-refractivity contribution in [2.45, 2.75) is 6.67 Å². The van der Waals surface area contributed by atoms with Gasteiger partial charge in [0.25, 0.3) is 5.91 Å². The summed E-state index contributed by atoms with van der Waals surface area (Å²) in [5.41, 5.74) is 5.20. The third kappa shape index (κ3) is 2.34. The summed E-state index contributed by atoms with van der Waals surface area (Å²) in [5, 5.41) is 0. The van der Waals surface area contributed by atoms with Crippen LogP contribution in [0.5, 0.6) is 0 Å². The molecule has 0 radical (unpaired) electrons. The van der Waals surface area contributed by atoms with Crippen LogP contribution in [0.4, 0.5) is 0 Å². The third-order valence-electron chi connectivity index (χ3n) is 2.39. The summed E-state index contributed by atoms with van der Waals surface area (Å²) in [6.45, 7) is 3.86. The lowest BCUT2D eigenvalue weighted by atomic mass is 10.4. The van der Waals surface area contributed by atoms with E-state index in [-0.39, 0.29) is 0 Å². The lowest BCUT2D eigenvalue weighted by Gasteiger charge is -2.27. The number of amides is 1. The van der Waals surface area contributed by atoms with Gasteiger partial charge >= 0.3 is 0 Å². The molecule has 1 aliphatic rings. The van der Waals surface area contributed by atoms with Crippen molar-refractivity contribution in [2.75, 3.05) is 26.3 Å². The van der Waals surface area contributed by atoms with E-state index in [2.05, 4.69) is 9.88 Å². The number of imidazole rings is 1. The van der Waals surface area contributed by atoms with Crippen LogP contribution in [0, 0.1) is 0 Å². The molecule has 1 aromatic heterocycles. The number of nitrogens with zero attached hydrogens (tertiary/aromatic N) is 3. The predicted octanol–water partition coefficient (Wildman–Crippen LogP) is -0.728. The van der Waals surface area contributed by atoms with Crippen LogP contribution < -0.4 is 5.73 Å². The Hall–Kier alpha value is -1.40. The molecule has 1 amide bonds. The topological polar surface area (TPSA) is 73.4 Å². The minimum atomic E-state index is -0.492. The molecule has 2 rings (SSSR count). The molecule has 6 heteroatoms. The highest BCUT2D eigenvalue weighted by atomic mass is 16.5. The van der Waals surface area contributed by atoms with E-state index in [9.17, 15) is 4.79 Å². The zero-order valence-corrected chi connectivity index (χ0v) is 8.43. The van der Waals surface area contributed by atoms with Crippen LogP contribution in [0.1, 0.15) is 10.6 Å². The molecule has 0 saturated carbocycles. The molecule has 2 N–H and O–H groups in total. The summed E-state index contributed by atoms with van der Waals surface area (Å²) in [7, 11) is 0. The first kappa shape index (κ1) is 10.1. The fraction of sp³-hybridized carbons (Fsp3) is 0.556. The summed E-state index contributed by atoms with van der Waals surface area (Å²) >= 11 is 0. The molecule has 0 unspecified atom stereocenters. The molecule has 1 fully saturated rings. The van der Waals surface area contributed by atoms with Crippen molar-refractivity contribution in [2.24, 2.45) is 5.73 Å². The van der Waals surface area contributed by atoms with Gasteiger partial charge in [-0.05, 0) is 0 Å². The van der Waals surface area contributed by atoms with Gasteiger partial charge in [0.2, 0.25) is 0 Å². The van der Waals surface area contributed by atoms with Crippen molar-refractivity contribution < 1.29 is 9.53 Å². The van der Waals surface area contributed by atoms with Gasteiger partial charge in [-0.2, -0.15) is 0 Å². The minimum Gasteiger partial charge on any atom is -0.379 e. The Balaban J connectivity index is 2.03. The number of rotatable bonds is 3. The predicted molar refractivity (Wildman–Crippen MR) is 53.1 cm³/mol. The lowest BCUT2D eigenvalue weighted by Crippen LogP contribution is -2.38. The first-order valence-corrected chi connectivity index (χ1v) is 4.88. The minimum absolute atomic E-state index is 0.307. The number of primary amides is 1. The van der Waals surface area contributed by atoms with Crippen LogP contribution in [0.25, 0.3) is 0 Å². The summed E-state index contributed by atoms with van der Waals surface area (Å²) in [5.74, 6) is -0.185. The molecule has 1 saturated heterocycles. The first-order valence-electron chi connectivity index (χ1n) is 4.88. The number of carbonyl (C=O) groups excluding carboxylic acids is 1. The van der Waals surface area contributed by atoms with Gasteiger partial charge < -0.3 is 15.0 Å². The van der Waals surface area contributed by atoms with Crippen LogP contribution in [0.2, 0.25) is 0 Å². The van der Waals surface area contributed by atoms with E-state index in [0.29, 0.717) is 12.5 Å². The average molecular weight is 210 g/mol. The monoisotopic (exact) mass is 210 g/mol. The number of aromatic nitrogens is 2. The summed E-state index contributed by atoms with van der Waals surface area (Å²) in [4.78, 5) is 17.1. The summed E-state index contributed by atoms with van der Waals surface area (Å²) in [6.07, 6.45) is 3.34. The highest BCUT2D eigenvalue weighted by molar-refractivity contribution is 5.89. The fourth-order valence-electron chi connectivity index (χ4n) is 1.61. The Morgan fingerprint density at radius 3 is 2.93 bits per heavy atom. The molecular formula is C9H14N4O2. The molecule has 1 aliphatic heterocycles. The molecule has 0 aromatic carbocycles. The molecule has 6 nitrogen and oxygen atoms in total. The Bertz CT molecular complexity index is 344. The number of carbonyl (C=O) groups is 1. The normalized spacial score (nSPS) is 17.9. The van der Waals surface area contributed by atoms with Crippen LogP contribution in [0.3, 0.4) is 0 Å². The molecular weight excluding hydrogens is 196 g/mol. The van der Waals surface area contributed by atoms with Crippen molar-refractivity contribution in [3.63, 3.8) is 0 Å². The number of ether oxygens (including phenoxy) is 1. The van der Waals surface area contributed by atoms with E-state index in [1.807, 2.05) is 0 Å². The molecule has 0 bridgehead atoms. The zero-order valence-electron chi connectivity index (χ0n) is 8.43. The van der Waals surface area contributed by atoms with Gasteiger partial charge in [0.05, 0.1) is 19.9 Å². The average Bonchev–Trinajstić information content (AvgIpc) is 2.67. The maximum Gasteiger partial charge on any atom is 0.284 e. The van der Waals surface area contributed by atoms with Gasteiger partial charge in [0.15, 0.2) is 5.82 Å². The Kier molecular flexibility index (Phi) is 2.98. The zero-order chi connectivity index (χ0) is 10.7. The second kappa shape index (κ2) is 4.41. The van der Waals surface area contributed by atoms with E-state index >= 15 is 0 Å². The molecule has 0 spiro atoms. The second-order valence-corrected chi connectivity index (χ2v) is 3.46. The second-order valence-electron chi connectivity index (χ2n) is 3.46. The lowest BCUT2D eigenvalue weighted by molar-refractivity contribution is 0.0230. The van der Waals surface area contributed by atoms with Crippen LogP contribution >= 0.6 is 0 Å². The number of nitrogens with two attached hydrogens (primary N) is 1. The van der Waals surface area contributed by atoms with Crippen molar-refractivity contribution >= 4 is 5.91 Å². The Morgan fingerprint density at radius 2 is 2.27 bits per heavy atom. The van der Waals surface area contributed by atoms with Crippen LogP contribution in [-0.4, -0.2) is 46.7 Å². The van der Waals surface area contributed by atoms with E-state index in [1.54, 1.807) is 17.0 Å². The SMILES string of the molecule is NC(=O)c1nccn1CN1CCOCC1. The van der Waals surface area contributed by atoms with Gasteiger partial charge in [-0.15, -0.1) is 0 Å². The van der Waals surface area contributed by atoms with Crippen molar-refractivity contribution in [1.29, 1.82) is 0 Å². The van der Waals surface area contributed by atoms with Gasteiger partial charge in [-0.1, -0.05) is 0 Å². The molecule has 0 aliphatic carbocycles. The Labute approximate surface area is 87.6 Å². The first-order chi connectivity index (χ1) is 7.27. The number of hydrogen-bond donors (Lipinski definition) is 1. The number of hydrogen-bond acceptors (Lipinski definition) is 4. The van der Waals surface area contributed by atoms with Crippen molar-refractivity contribution in [1.82, 2.24) is 14.5 Å². The van der Waals surface area contributed by atoms with Gasteiger partial charge in [0, 0.05) is 25.5 Å². The number of morpholine rings is 1. The fourth-order valence-corrected chi connectivity index (χ4v) is 1.61. The maximum atomic E-state index is 11.0. The van der Waals surface area contributed by atoms with Crippen LogP contribution in [-0.2, 0) is 11.4 Å². The van der Waals surface area contributed by atoms with E-state index in [4.69, 9.17) is 10.5 Å². The molecule has 0 atom stereocenters. The smallest absolute Gasteiger partial charge is 0.284 e. The largest absolute Gasteiger partial charge is 0.379 e. The maximum absolute atomic E-state index is 11.0. The van der Waals surface area contributed by atoms with Gasteiger partial charge in [0.1, 0.15) is 0 Å². The Morgan fingerprint density at radius 1 is 1.53 bits per heavy atom. The van der Waals surface area contributed by atoms with Crippen molar-refractivity contribution in [3.05, 3.63) is 18.2 Å². The van der Waals surface area contributed by atoms with E-state index in [1.165, 1.54) is 0 Å². The quantitative estimate of drug-likeness (QED) is 0.714. The summed E-state index contributed by atoms with van der Waals surface area (Å²) < 4.78 is 7.00. The van der Waals surface area contributed by atoms with Gasteiger partial charge in [-0.25, -0.2) is 4.98 Å². The van der Waals surface area contributed by atoms with E-state index < -0.39 is 5.91 Å².